The lowest BCUT2D eigenvalue weighted by atomic mass is 10.1. The largest absolute Gasteiger partial charge is 1.00 e. The molecule has 0 aliphatic rings. The minimum atomic E-state index is -0.911. The SMILES string of the molecule is O=C(O)c1ccc(C[n+]2c(-c3ccccc3)csc2Nc2ccccc2)cc1.[Br-]. The summed E-state index contributed by atoms with van der Waals surface area (Å²) in [5, 5.41) is 15.8. The molecule has 1 heterocycles. The lowest BCUT2D eigenvalue weighted by Gasteiger charge is -2.07. The van der Waals surface area contributed by atoms with Crippen LogP contribution in [0, 0.1) is 0 Å². The van der Waals surface area contributed by atoms with Crippen LogP contribution in [0.1, 0.15) is 15.9 Å². The monoisotopic (exact) mass is 466 g/mol. The third-order valence-electron chi connectivity index (χ3n) is 4.45. The fourth-order valence-electron chi connectivity index (χ4n) is 3.02. The first-order valence-electron chi connectivity index (χ1n) is 8.92. The molecule has 4 aromatic rings. The quantitative estimate of drug-likeness (QED) is 0.428. The summed E-state index contributed by atoms with van der Waals surface area (Å²) < 4.78 is 2.22. The van der Waals surface area contributed by atoms with Crippen LogP contribution >= 0.6 is 11.3 Å². The van der Waals surface area contributed by atoms with Gasteiger partial charge in [-0.15, -0.1) is 0 Å². The van der Waals surface area contributed by atoms with Gasteiger partial charge in [0, 0.05) is 10.9 Å². The van der Waals surface area contributed by atoms with Gasteiger partial charge in [-0.3, -0.25) is 0 Å². The molecule has 0 bridgehead atoms. The maximum atomic E-state index is 11.1. The zero-order chi connectivity index (χ0) is 19.3. The molecule has 0 aliphatic carbocycles. The van der Waals surface area contributed by atoms with Crippen molar-refractivity contribution in [3.63, 3.8) is 0 Å². The number of carbonyl (C=O) groups is 1. The Morgan fingerprint density at radius 3 is 2.14 bits per heavy atom. The average molecular weight is 467 g/mol. The van der Waals surface area contributed by atoms with Crippen LogP contribution in [-0.4, -0.2) is 11.1 Å². The van der Waals surface area contributed by atoms with E-state index >= 15 is 0 Å². The molecule has 0 saturated carbocycles. The predicted molar refractivity (Wildman–Crippen MR) is 112 cm³/mol. The molecular formula is C23H19BrN2O2S. The zero-order valence-corrected chi connectivity index (χ0v) is 17.9. The van der Waals surface area contributed by atoms with Gasteiger partial charge in [-0.25, -0.2) is 14.7 Å². The van der Waals surface area contributed by atoms with E-state index in [0.29, 0.717) is 12.1 Å². The third kappa shape index (κ3) is 4.91. The van der Waals surface area contributed by atoms with E-state index in [2.05, 4.69) is 27.4 Å². The summed E-state index contributed by atoms with van der Waals surface area (Å²) in [6.45, 7) is 0.642. The molecule has 29 heavy (non-hydrogen) atoms. The van der Waals surface area contributed by atoms with E-state index in [9.17, 15) is 4.79 Å². The van der Waals surface area contributed by atoms with Crippen molar-refractivity contribution in [2.24, 2.45) is 0 Å². The van der Waals surface area contributed by atoms with Gasteiger partial charge in [0.15, 0.2) is 0 Å². The first-order chi connectivity index (χ1) is 13.7. The second-order valence-corrected chi connectivity index (χ2v) is 7.23. The molecule has 4 rings (SSSR count). The summed E-state index contributed by atoms with van der Waals surface area (Å²) >= 11 is 1.65. The molecular weight excluding hydrogens is 448 g/mol. The number of hydrogen-bond acceptors (Lipinski definition) is 3. The summed E-state index contributed by atoms with van der Waals surface area (Å²) in [4.78, 5) is 11.1. The van der Waals surface area contributed by atoms with Crippen molar-refractivity contribution in [3.05, 3.63) is 101 Å². The molecule has 146 valence electrons. The van der Waals surface area contributed by atoms with Gasteiger partial charge in [-0.2, -0.15) is 0 Å². The zero-order valence-electron chi connectivity index (χ0n) is 15.5. The molecule has 0 spiro atoms. The topological polar surface area (TPSA) is 53.2 Å². The van der Waals surface area contributed by atoms with E-state index in [1.807, 2.05) is 60.7 Å². The van der Waals surface area contributed by atoms with Crippen LogP contribution in [0.25, 0.3) is 11.3 Å². The second kappa shape index (κ2) is 9.49. The highest BCUT2D eigenvalue weighted by Gasteiger charge is 2.20. The highest BCUT2D eigenvalue weighted by Crippen LogP contribution is 2.26. The van der Waals surface area contributed by atoms with Gasteiger partial charge in [0.1, 0.15) is 17.9 Å². The molecule has 6 heteroatoms. The number of carboxylic acids is 1. The number of thiazole rings is 1. The Kier molecular flexibility index (Phi) is 6.80. The number of para-hydroxylation sites is 1. The number of rotatable bonds is 6. The van der Waals surface area contributed by atoms with Crippen LogP contribution in [0.2, 0.25) is 0 Å². The van der Waals surface area contributed by atoms with Crippen molar-refractivity contribution in [3.8, 4) is 11.3 Å². The number of hydrogen-bond donors (Lipinski definition) is 2. The van der Waals surface area contributed by atoms with Crippen molar-refractivity contribution in [2.75, 3.05) is 5.32 Å². The van der Waals surface area contributed by atoms with Gasteiger partial charge in [0.2, 0.25) is 0 Å². The van der Waals surface area contributed by atoms with E-state index in [1.54, 1.807) is 23.5 Å². The van der Waals surface area contributed by atoms with Crippen molar-refractivity contribution < 1.29 is 31.4 Å². The van der Waals surface area contributed by atoms with Gasteiger partial charge in [-0.1, -0.05) is 72.0 Å². The lowest BCUT2D eigenvalue weighted by molar-refractivity contribution is -0.659. The molecule has 3 aromatic carbocycles. The molecule has 0 amide bonds. The Morgan fingerprint density at radius 2 is 1.52 bits per heavy atom. The maximum Gasteiger partial charge on any atom is 0.339 e. The number of anilines is 2. The number of benzene rings is 3. The van der Waals surface area contributed by atoms with Gasteiger partial charge in [0.05, 0.1) is 5.56 Å². The van der Waals surface area contributed by atoms with E-state index in [4.69, 9.17) is 5.11 Å². The average Bonchev–Trinajstić information content (AvgIpc) is 3.12. The van der Waals surface area contributed by atoms with Crippen LogP contribution in [-0.2, 0) is 6.54 Å². The minimum absolute atomic E-state index is 0. The first-order valence-corrected chi connectivity index (χ1v) is 9.80. The molecule has 0 fully saturated rings. The first kappa shape index (κ1) is 20.8. The maximum absolute atomic E-state index is 11.1. The standard InChI is InChI=1S/C23H18N2O2S.BrH/c26-22(27)19-13-11-17(12-14-19)15-25-21(18-7-3-1-4-8-18)16-28-23(25)24-20-9-5-2-6-10-20;/h1-14,16H,15H2,(H,26,27);1H. The van der Waals surface area contributed by atoms with Crippen LogP contribution in [0.15, 0.2) is 90.3 Å². The summed E-state index contributed by atoms with van der Waals surface area (Å²) in [5.74, 6) is -0.911. The smallest absolute Gasteiger partial charge is 0.339 e. The third-order valence-corrected chi connectivity index (χ3v) is 5.34. The fourth-order valence-corrected chi connectivity index (χ4v) is 3.97. The number of carboxylic acid groups (broad SMARTS) is 1. The summed E-state index contributed by atoms with van der Waals surface area (Å²) in [7, 11) is 0. The van der Waals surface area contributed by atoms with Crippen LogP contribution in [0.5, 0.6) is 0 Å². The Labute approximate surface area is 183 Å². The van der Waals surface area contributed by atoms with Crippen LogP contribution in [0.4, 0.5) is 10.8 Å². The van der Waals surface area contributed by atoms with E-state index in [0.717, 1.165) is 27.6 Å². The Hall–Kier alpha value is -2.96. The van der Waals surface area contributed by atoms with Crippen molar-refractivity contribution >= 4 is 28.1 Å². The predicted octanol–water partition coefficient (Wildman–Crippen LogP) is 2.20. The molecule has 0 aliphatic heterocycles. The van der Waals surface area contributed by atoms with Crippen LogP contribution < -0.4 is 26.9 Å². The summed E-state index contributed by atoms with van der Waals surface area (Å²) in [6, 6.07) is 27.4. The summed E-state index contributed by atoms with van der Waals surface area (Å²) in [6.07, 6.45) is 0. The van der Waals surface area contributed by atoms with Crippen molar-refractivity contribution in [1.29, 1.82) is 0 Å². The summed E-state index contributed by atoms with van der Waals surface area (Å²) in [5.41, 5.74) is 4.62. The molecule has 0 radical (unpaired) electrons. The van der Waals surface area contributed by atoms with Gasteiger partial charge >= 0.3 is 11.1 Å². The van der Waals surface area contributed by atoms with Crippen molar-refractivity contribution in [1.82, 2.24) is 0 Å². The fraction of sp³-hybridized carbons (Fsp3) is 0.0435. The van der Waals surface area contributed by atoms with Crippen LogP contribution in [0.3, 0.4) is 0 Å². The molecule has 0 saturated heterocycles. The van der Waals surface area contributed by atoms with E-state index in [-0.39, 0.29) is 17.0 Å². The Morgan fingerprint density at radius 1 is 0.897 bits per heavy atom. The van der Waals surface area contributed by atoms with Crippen molar-refractivity contribution in [2.45, 2.75) is 6.54 Å². The molecule has 1 aromatic heterocycles. The van der Waals surface area contributed by atoms with Gasteiger partial charge in [-0.05, 0) is 29.8 Å². The van der Waals surface area contributed by atoms with Gasteiger partial charge in [0.25, 0.3) is 0 Å². The molecule has 0 atom stereocenters. The van der Waals surface area contributed by atoms with E-state index in [1.165, 1.54) is 0 Å². The van der Waals surface area contributed by atoms with Gasteiger partial charge < -0.3 is 22.1 Å². The number of nitrogens with zero attached hydrogens (tertiary/aromatic N) is 1. The molecule has 4 nitrogen and oxygen atoms in total. The molecule has 0 unspecified atom stereocenters. The highest BCUT2D eigenvalue weighted by molar-refractivity contribution is 7.13. The number of aromatic carboxylic acids is 1. The minimum Gasteiger partial charge on any atom is -1.00 e. The second-order valence-electron chi connectivity index (χ2n) is 6.37. The Bertz CT molecular complexity index is 1080. The normalized spacial score (nSPS) is 10.2. The highest BCUT2D eigenvalue weighted by atomic mass is 79.9. The molecule has 2 N–H and O–H groups in total. The lowest BCUT2D eigenvalue weighted by Crippen LogP contribution is -3.00. The number of nitrogens with one attached hydrogen (secondary N) is 1. The number of halogens is 1. The number of aromatic nitrogens is 1. The van der Waals surface area contributed by atoms with E-state index < -0.39 is 5.97 Å². The Balaban J connectivity index is 0.00000240.